The van der Waals surface area contributed by atoms with Gasteiger partial charge in [0, 0.05) is 6.54 Å². The SMILES string of the molecule is COc1ccc2c(c1)CC(C(=O)O)NC2.Cl. The van der Waals surface area contributed by atoms with Gasteiger partial charge in [-0.2, -0.15) is 0 Å². The van der Waals surface area contributed by atoms with Crippen molar-refractivity contribution in [2.45, 2.75) is 19.0 Å². The Morgan fingerprint density at radius 1 is 1.50 bits per heavy atom. The first-order valence-electron chi connectivity index (χ1n) is 4.82. The van der Waals surface area contributed by atoms with Gasteiger partial charge in [-0.05, 0) is 29.7 Å². The minimum atomic E-state index is -0.802. The van der Waals surface area contributed by atoms with Crippen LogP contribution in [0.4, 0.5) is 0 Å². The van der Waals surface area contributed by atoms with E-state index in [1.165, 1.54) is 0 Å². The number of fused-ring (bicyclic) bond motifs is 1. The molecule has 1 aliphatic rings. The lowest BCUT2D eigenvalue weighted by molar-refractivity contribution is -0.139. The molecule has 1 aliphatic heterocycles. The smallest absolute Gasteiger partial charge is 0.321 e. The Balaban J connectivity index is 0.00000128. The lowest BCUT2D eigenvalue weighted by Crippen LogP contribution is -2.41. The molecular weight excluding hydrogens is 230 g/mol. The summed E-state index contributed by atoms with van der Waals surface area (Å²) in [5.41, 5.74) is 2.20. The van der Waals surface area contributed by atoms with Crippen LogP contribution in [0.15, 0.2) is 18.2 Å². The monoisotopic (exact) mass is 243 g/mol. The Morgan fingerprint density at radius 2 is 2.25 bits per heavy atom. The molecule has 0 amide bonds. The van der Waals surface area contributed by atoms with Crippen molar-refractivity contribution in [3.05, 3.63) is 29.3 Å². The average Bonchev–Trinajstić information content (AvgIpc) is 2.27. The fourth-order valence-corrected chi connectivity index (χ4v) is 1.79. The maximum atomic E-state index is 10.8. The Hall–Kier alpha value is -1.26. The van der Waals surface area contributed by atoms with Crippen LogP contribution in [0, 0.1) is 0 Å². The molecule has 0 radical (unpaired) electrons. The number of aliphatic carboxylic acids is 1. The van der Waals surface area contributed by atoms with Crippen molar-refractivity contribution in [3.8, 4) is 5.75 Å². The predicted octanol–water partition coefficient (Wildman–Crippen LogP) is 1.22. The number of halogens is 1. The molecular formula is C11H14ClNO3. The van der Waals surface area contributed by atoms with Gasteiger partial charge in [0.05, 0.1) is 7.11 Å². The van der Waals surface area contributed by atoms with E-state index in [1.807, 2.05) is 18.2 Å². The van der Waals surface area contributed by atoms with Gasteiger partial charge in [0.1, 0.15) is 11.8 Å². The summed E-state index contributed by atoms with van der Waals surface area (Å²) >= 11 is 0. The molecule has 16 heavy (non-hydrogen) atoms. The second-order valence-corrected chi connectivity index (χ2v) is 3.61. The van der Waals surface area contributed by atoms with Crippen molar-refractivity contribution in [2.75, 3.05) is 7.11 Å². The third-order valence-electron chi connectivity index (χ3n) is 2.67. The molecule has 1 unspecified atom stereocenters. The third kappa shape index (κ3) is 2.46. The molecule has 0 spiro atoms. The van der Waals surface area contributed by atoms with E-state index in [1.54, 1.807) is 7.11 Å². The quantitative estimate of drug-likeness (QED) is 0.820. The molecule has 1 atom stereocenters. The zero-order valence-electron chi connectivity index (χ0n) is 8.90. The van der Waals surface area contributed by atoms with Crippen LogP contribution < -0.4 is 10.1 Å². The van der Waals surface area contributed by atoms with Gasteiger partial charge in [0.2, 0.25) is 0 Å². The summed E-state index contributed by atoms with van der Waals surface area (Å²) in [5.74, 6) is -0.0248. The van der Waals surface area contributed by atoms with E-state index >= 15 is 0 Å². The van der Waals surface area contributed by atoms with E-state index < -0.39 is 12.0 Å². The maximum absolute atomic E-state index is 10.8. The molecule has 0 fully saturated rings. The standard InChI is InChI=1S/C11H13NO3.ClH/c1-15-9-3-2-7-6-12-10(11(13)14)5-8(7)4-9;/h2-4,10,12H,5-6H2,1H3,(H,13,14);1H. The first-order chi connectivity index (χ1) is 7.20. The van der Waals surface area contributed by atoms with Crippen molar-refractivity contribution >= 4 is 18.4 Å². The lowest BCUT2D eigenvalue weighted by Gasteiger charge is -2.23. The summed E-state index contributed by atoms with van der Waals surface area (Å²) in [5, 5.41) is 11.9. The number of rotatable bonds is 2. The van der Waals surface area contributed by atoms with Gasteiger partial charge >= 0.3 is 5.97 Å². The molecule has 5 heteroatoms. The predicted molar refractivity (Wildman–Crippen MR) is 62.2 cm³/mol. The van der Waals surface area contributed by atoms with Gasteiger partial charge in [0.15, 0.2) is 0 Å². The van der Waals surface area contributed by atoms with Crippen molar-refractivity contribution in [1.29, 1.82) is 0 Å². The number of methoxy groups -OCH3 is 1. The summed E-state index contributed by atoms with van der Waals surface area (Å²) in [4.78, 5) is 10.8. The molecule has 0 aromatic heterocycles. The largest absolute Gasteiger partial charge is 0.497 e. The molecule has 2 N–H and O–H groups in total. The van der Waals surface area contributed by atoms with Crippen LogP contribution in [0.25, 0.3) is 0 Å². The maximum Gasteiger partial charge on any atom is 0.321 e. The zero-order valence-corrected chi connectivity index (χ0v) is 9.71. The number of carboxylic acids is 1. The molecule has 88 valence electrons. The highest BCUT2D eigenvalue weighted by molar-refractivity contribution is 5.85. The topological polar surface area (TPSA) is 58.6 Å². The number of benzene rings is 1. The first-order valence-corrected chi connectivity index (χ1v) is 4.82. The minimum Gasteiger partial charge on any atom is -0.497 e. The fraction of sp³-hybridized carbons (Fsp3) is 0.364. The third-order valence-corrected chi connectivity index (χ3v) is 2.67. The van der Waals surface area contributed by atoms with Crippen LogP contribution in [0.3, 0.4) is 0 Å². The fourth-order valence-electron chi connectivity index (χ4n) is 1.79. The molecule has 0 saturated heterocycles. The van der Waals surface area contributed by atoms with E-state index in [0.717, 1.165) is 16.9 Å². The summed E-state index contributed by atoms with van der Waals surface area (Å²) < 4.78 is 5.11. The molecule has 0 saturated carbocycles. The zero-order chi connectivity index (χ0) is 10.8. The number of ether oxygens (including phenoxy) is 1. The van der Waals surface area contributed by atoms with Gasteiger partial charge in [-0.15, -0.1) is 12.4 Å². The van der Waals surface area contributed by atoms with Crippen LogP contribution in [-0.2, 0) is 17.8 Å². The van der Waals surface area contributed by atoms with E-state index in [0.29, 0.717) is 13.0 Å². The van der Waals surface area contributed by atoms with Crippen LogP contribution in [0.2, 0.25) is 0 Å². The number of carbonyl (C=O) groups is 1. The van der Waals surface area contributed by atoms with E-state index in [2.05, 4.69) is 5.32 Å². The molecule has 1 aromatic carbocycles. The molecule has 1 aromatic rings. The van der Waals surface area contributed by atoms with Crippen LogP contribution >= 0.6 is 12.4 Å². The van der Waals surface area contributed by atoms with E-state index in [4.69, 9.17) is 9.84 Å². The van der Waals surface area contributed by atoms with E-state index in [9.17, 15) is 4.79 Å². The van der Waals surface area contributed by atoms with Crippen molar-refractivity contribution in [1.82, 2.24) is 5.32 Å². The molecule has 2 rings (SSSR count). The number of nitrogens with one attached hydrogen (secondary N) is 1. The summed E-state index contributed by atoms with van der Waals surface area (Å²) in [6.07, 6.45) is 0.516. The van der Waals surface area contributed by atoms with Gasteiger partial charge < -0.3 is 15.2 Å². The van der Waals surface area contributed by atoms with Gasteiger partial charge in [-0.25, -0.2) is 0 Å². The average molecular weight is 244 g/mol. The highest BCUT2D eigenvalue weighted by Crippen LogP contribution is 2.22. The molecule has 0 bridgehead atoms. The second kappa shape index (κ2) is 5.18. The lowest BCUT2D eigenvalue weighted by atomic mass is 9.96. The Labute approximate surface area is 100 Å². The van der Waals surface area contributed by atoms with Crippen LogP contribution in [-0.4, -0.2) is 24.2 Å². The van der Waals surface area contributed by atoms with Crippen molar-refractivity contribution in [2.24, 2.45) is 0 Å². The minimum absolute atomic E-state index is 0. The highest BCUT2D eigenvalue weighted by atomic mass is 35.5. The molecule has 1 heterocycles. The van der Waals surface area contributed by atoms with Gasteiger partial charge in [-0.1, -0.05) is 6.07 Å². The van der Waals surface area contributed by atoms with Crippen LogP contribution in [0.1, 0.15) is 11.1 Å². The second-order valence-electron chi connectivity index (χ2n) is 3.61. The summed E-state index contributed by atoms with van der Waals surface area (Å²) in [6.45, 7) is 0.607. The normalized spacial score (nSPS) is 18.2. The Bertz CT molecular complexity index is 395. The summed E-state index contributed by atoms with van der Waals surface area (Å²) in [7, 11) is 1.61. The Kier molecular flexibility index (Phi) is 4.15. The van der Waals surface area contributed by atoms with E-state index in [-0.39, 0.29) is 12.4 Å². The Morgan fingerprint density at radius 3 is 2.88 bits per heavy atom. The van der Waals surface area contributed by atoms with Gasteiger partial charge in [-0.3, -0.25) is 4.79 Å². The van der Waals surface area contributed by atoms with Gasteiger partial charge in [0.25, 0.3) is 0 Å². The number of hydrogen-bond acceptors (Lipinski definition) is 3. The first kappa shape index (κ1) is 12.8. The highest BCUT2D eigenvalue weighted by Gasteiger charge is 2.23. The molecule has 0 aliphatic carbocycles. The number of hydrogen-bond donors (Lipinski definition) is 2. The molecule has 4 nitrogen and oxygen atoms in total. The van der Waals surface area contributed by atoms with Crippen molar-refractivity contribution in [3.63, 3.8) is 0 Å². The number of carboxylic acid groups (broad SMARTS) is 1. The van der Waals surface area contributed by atoms with Crippen molar-refractivity contribution < 1.29 is 14.6 Å². The van der Waals surface area contributed by atoms with Crippen LogP contribution in [0.5, 0.6) is 5.75 Å². The summed E-state index contributed by atoms with van der Waals surface area (Å²) in [6, 6.07) is 5.29.